The van der Waals surface area contributed by atoms with Gasteiger partial charge in [0.2, 0.25) is 17.0 Å². The standard InChI is InChI=1S/C13H18N4O4/c1-12(16-4-6-20-7-5-16)8-13(18)10(17(12)19)3-2-9-11(13)15-21-14-9/h18H,2-8H2,1H3/t12-,13-/m1/s1. The fourth-order valence-corrected chi connectivity index (χ4v) is 3.85. The normalized spacial score (nSPS) is 36.7. The van der Waals surface area contributed by atoms with Crippen LogP contribution < -0.4 is 0 Å². The molecule has 1 saturated heterocycles. The molecule has 1 aliphatic carbocycles. The molecule has 0 bridgehead atoms. The lowest BCUT2D eigenvalue weighted by atomic mass is 9.81. The van der Waals surface area contributed by atoms with Crippen molar-refractivity contribution in [2.75, 3.05) is 26.3 Å². The van der Waals surface area contributed by atoms with Crippen molar-refractivity contribution in [2.45, 2.75) is 37.5 Å². The predicted molar refractivity (Wildman–Crippen MR) is 70.6 cm³/mol. The molecule has 1 aromatic rings. The van der Waals surface area contributed by atoms with Crippen LogP contribution in [0.4, 0.5) is 0 Å². The molecule has 0 amide bonds. The molecule has 2 aliphatic heterocycles. The summed E-state index contributed by atoms with van der Waals surface area (Å²) in [6.07, 6.45) is 1.34. The van der Waals surface area contributed by atoms with E-state index in [-0.39, 0.29) is 6.42 Å². The Kier molecular flexibility index (Phi) is 2.66. The number of rotatable bonds is 1. The molecule has 4 rings (SSSR count). The van der Waals surface area contributed by atoms with E-state index in [1.165, 1.54) is 0 Å². The van der Waals surface area contributed by atoms with Crippen LogP contribution in [-0.2, 0) is 16.8 Å². The Morgan fingerprint density at radius 1 is 1.29 bits per heavy atom. The smallest absolute Gasteiger partial charge is 0.230 e. The highest BCUT2D eigenvalue weighted by Gasteiger charge is 2.63. The van der Waals surface area contributed by atoms with Gasteiger partial charge in [0, 0.05) is 32.9 Å². The topological polar surface area (TPSA) is 97.7 Å². The van der Waals surface area contributed by atoms with Crippen LogP contribution in [0.25, 0.3) is 0 Å². The van der Waals surface area contributed by atoms with E-state index in [4.69, 9.17) is 9.37 Å². The Bertz CT molecular complexity index is 609. The van der Waals surface area contributed by atoms with E-state index >= 15 is 0 Å². The summed E-state index contributed by atoms with van der Waals surface area (Å²) >= 11 is 0. The summed E-state index contributed by atoms with van der Waals surface area (Å²) in [6.45, 7) is 4.45. The van der Waals surface area contributed by atoms with Gasteiger partial charge in [-0.1, -0.05) is 10.3 Å². The summed E-state index contributed by atoms with van der Waals surface area (Å²) in [7, 11) is 0. The van der Waals surface area contributed by atoms with Crippen molar-refractivity contribution in [3.8, 4) is 0 Å². The van der Waals surface area contributed by atoms with Crippen LogP contribution in [0, 0.1) is 5.21 Å². The van der Waals surface area contributed by atoms with E-state index in [9.17, 15) is 10.3 Å². The van der Waals surface area contributed by atoms with Crippen molar-refractivity contribution in [3.63, 3.8) is 0 Å². The van der Waals surface area contributed by atoms with Gasteiger partial charge in [-0.05, 0) is 0 Å². The first-order chi connectivity index (χ1) is 10.1. The quantitative estimate of drug-likeness (QED) is 0.556. The number of nitrogens with zero attached hydrogens (tertiary/aromatic N) is 4. The molecule has 0 aromatic carbocycles. The molecule has 0 spiro atoms. The molecule has 1 N–H and O–H groups in total. The lowest BCUT2D eigenvalue weighted by Gasteiger charge is -2.38. The SMILES string of the molecule is C[C@]1(N2CCOCC2)C[C@@]2(O)C(=[N+]1[O-])CCc1nonc12. The average Bonchev–Trinajstić information content (AvgIpc) is 3.04. The zero-order valence-electron chi connectivity index (χ0n) is 11.9. The minimum Gasteiger partial charge on any atom is -0.622 e. The largest absolute Gasteiger partial charge is 0.622 e. The molecular formula is C13H18N4O4. The molecule has 1 fully saturated rings. The molecular weight excluding hydrogens is 276 g/mol. The lowest BCUT2D eigenvalue weighted by Crippen LogP contribution is -2.55. The predicted octanol–water partition coefficient (Wildman–Crippen LogP) is -0.393. The monoisotopic (exact) mass is 294 g/mol. The molecule has 8 nitrogen and oxygen atoms in total. The number of aryl methyl sites for hydroxylation is 1. The van der Waals surface area contributed by atoms with E-state index in [1.807, 2.05) is 6.92 Å². The van der Waals surface area contributed by atoms with Gasteiger partial charge in [0.25, 0.3) is 0 Å². The zero-order valence-corrected chi connectivity index (χ0v) is 11.9. The number of hydrogen-bond acceptors (Lipinski definition) is 7. The van der Waals surface area contributed by atoms with Crippen LogP contribution in [-0.4, -0.2) is 62.7 Å². The molecule has 0 radical (unpaired) electrons. The van der Waals surface area contributed by atoms with E-state index in [1.54, 1.807) is 0 Å². The maximum atomic E-state index is 12.9. The molecule has 0 saturated carbocycles. The van der Waals surface area contributed by atoms with E-state index in [2.05, 4.69) is 15.2 Å². The lowest BCUT2D eigenvalue weighted by molar-refractivity contribution is -0.572. The molecule has 21 heavy (non-hydrogen) atoms. The highest BCUT2D eigenvalue weighted by Crippen LogP contribution is 2.45. The second-order valence-electron chi connectivity index (χ2n) is 6.15. The third-order valence-electron chi connectivity index (χ3n) is 4.99. The third kappa shape index (κ3) is 1.63. The first-order valence-corrected chi connectivity index (χ1v) is 7.26. The van der Waals surface area contributed by atoms with Crippen molar-refractivity contribution in [1.29, 1.82) is 0 Å². The minimum absolute atomic E-state index is 0.278. The van der Waals surface area contributed by atoms with Gasteiger partial charge in [0.05, 0.1) is 19.6 Å². The second kappa shape index (κ2) is 4.25. The molecule has 3 heterocycles. The zero-order chi connectivity index (χ0) is 14.7. The van der Waals surface area contributed by atoms with E-state index in [0.29, 0.717) is 56.2 Å². The van der Waals surface area contributed by atoms with Gasteiger partial charge >= 0.3 is 0 Å². The van der Waals surface area contributed by atoms with Crippen LogP contribution in [0.15, 0.2) is 4.63 Å². The van der Waals surface area contributed by atoms with Crippen molar-refractivity contribution in [2.24, 2.45) is 0 Å². The van der Waals surface area contributed by atoms with Gasteiger partial charge < -0.3 is 15.1 Å². The van der Waals surface area contributed by atoms with Crippen molar-refractivity contribution < 1.29 is 19.2 Å². The van der Waals surface area contributed by atoms with E-state index in [0.717, 1.165) is 4.74 Å². The van der Waals surface area contributed by atoms with Gasteiger partial charge in [-0.25, -0.2) is 9.53 Å². The Labute approximate surface area is 121 Å². The van der Waals surface area contributed by atoms with Gasteiger partial charge in [0.15, 0.2) is 5.69 Å². The average molecular weight is 294 g/mol. The number of aromatic nitrogens is 2. The number of morpholine rings is 1. The summed E-state index contributed by atoms with van der Waals surface area (Å²) in [5.41, 5.74) is -0.612. The molecule has 3 aliphatic rings. The molecule has 2 atom stereocenters. The van der Waals surface area contributed by atoms with Gasteiger partial charge in [-0.3, -0.25) is 0 Å². The molecule has 0 unspecified atom stereocenters. The van der Waals surface area contributed by atoms with Crippen molar-refractivity contribution in [1.82, 2.24) is 15.2 Å². The number of fused-ring (bicyclic) bond motifs is 3. The molecule has 8 heteroatoms. The fraction of sp³-hybridized carbons (Fsp3) is 0.769. The number of hydroxylamine groups is 1. The Morgan fingerprint density at radius 2 is 2.05 bits per heavy atom. The number of aliphatic hydroxyl groups is 1. The highest BCUT2D eigenvalue weighted by atomic mass is 16.6. The fourth-order valence-electron chi connectivity index (χ4n) is 3.85. The van der Waals surface area contributed by atoms with Crippen LogP contribution in [0.5, 0.6) is 0 Å². The molecule has 1 aromatic heterocycles. The Hall–Kier alpha value is -1.51. The maximum absolute atomic E-state index is 12.9. The first-order valence-electron chi connectivity index (χ1n) is 7.26. The van der Waals surface area contributed by atoms with Crippen LogP contribution in [0.3, 0.4) is 0 Å². The molecule has 114 valence electrons. The van der Waals surface area contributed by atoms with Gasteiger partial charge in [-0.2, -0.15) is 4.74 Å². The summed E-state index contributed by atoms with van der Waals surface area (Å²) in [6, 6.07) is 0. The first kappa shape index (κ1) is 13.2. The summed E-state index contributed by atoms with van der Waals surface area (Å²) < 4.78 is 11.1. The summed E-state index contributed by atoms with van der Waals surface area (Å²) in [5.74, 6) is 0. The van der Waals surface area contributed by atoms with E-state index < -0.39 is 11.3 Å². The minimum atomic E-state index is -1.36. The van der Waals surface area contributed by atoms with Gasteiger partial charge in [-0.15, -0.1) is 0 Å². The highest BCUT2D eigenvalue weighted by molar-refractivity contribution is 5.92. The van der Waals surface area contributed by atoms with Crippen LogP contribution >= 0.6 is 0 Å². The number of ether oxygens (including phenoxy) is 1. The van der Waals surface area contributed by atoms with Crippen molar-refractivity contribution in [3.05, 3.63) is 16.6 Å². The van der Waals surface area contributed by atoms with Gasteiger partial charge in [0.1, 0.15) is 5.69 Å². The van der Waals surface area contributed by atoms with Crippen molar-refractivity contribution >= 4 is 5.71 Å². The summed E-state index contributed by atoms with van der Waals surface area (Å²) in [5, 5.41) is 31.6. The van der Waals surface area contributed by atoms with Crippen LogP contribution in [0.2, 0.25) is 0 Å². The Morgan fingerprint density at radius 3 is 2.81 bits per heavy atom. The second-order valence-corrected chi connectivity index (χ2v) is 6.15. The third-order valence-corrected chi connectivity index (χ3v) is 4.99. The maximum Gasteiger partial charge on any atom is 0.230 e. The number of hydrogen-bond donors (Lipinski definition) is 1. The summed E-state index contributed by atoms with van der Waals surface area (Å²) in [4.78, 5) is 2.08. The Balaban J connectivity index is 1.77. The van der Waals surface area contributed by atoms with Crippen LogP contribution in [0.1, 0.15) is 31.2 Å².